The second-order valence-electron chi connectivity index (χ2n) is 5.24. The number of aryl methyl sites for hydroxylation is 1. The van der Waals surface area contributed by atoms with Crippen LogP contribution in [0, 0.1) is 6.92 Å². The molecule has 0 bridgehead atoms. The molecule has 2 rings (SSSR count). The molecule has 1 unspecified atom stereocenters. The van der Waals surface area contributed by atoms with Crippen LogP contribution in [0.25, 0.3) is 0 Å². The van der Waals surface area contributed by atoms with Gasteiger partial charge in [0, 0.05) is 10.9 Å². The molecule has 2 aromatic carbocycles. The molecule has 2 aromatic rings. The van der Waals surface area contributed by atoms with Gasteiger partial charge in [0.2, 0.25) is 0 Å². The average molecular weight is 352 g/mol. The van der Waals surface area contributed by atoms with E-state index in [9.17, 15) is 4.79 Å². The molecule has 0 heterocycles. The molecule has 0 aliphatic rings. The second kappa shape index (κ2) is 8.80. The zero-order valence-electron chi connectivity index (χ0n) is 12.9. The molecule has 0 saturated carbocycles. The van der Waals surface area contributed by atoms with Crippen molar-refractivity contribution in [1.82, 2.24) is 5.32 Å². The van der Waals surface area contributed by atoms with E-state index >= 15 is 0 Å². The van der Waals surface area contributed by atoms with Crippen molar-refractivity contribution in [3.63, 3.8) is 0 Å². The standard InChI is InChI=1S/C18H19Cl2NO2/c1-13-7-8-15(11-16(13)20)17(9-10-19)21-18(22)23-12-14-5-3-2-4-6-14/h2-8,11,17H,9-10,12H2,1H3,(H,21,22). The van der Waals surface area contributed by atoms with Crippen LogP contribution in [0.1, 0.15) is 29.2 Å². The third kappa shape index (κ3) is 5.45. The molecule has 0 saturated heterocycles. The first-order chi connectivity index (χ1) is 11.1. The van der Waals surface area contributed by atoms with E-state index < -0.39 is 6.09 Å². The number of rotatable bonds is 6. The van der Waals surface area contributed by atoms with Gasteiger partial charge >= 0.3 is 6.09 Å². The Labute approximate surface area is 146 Å². The third-order valence-corrected chi connectivity index (χ3v) is 4.13. The molecule has 1 amide bonds. The highest BCUT2D eigenvalue weighted by Crippen LogP contribution is 2.24. The Morgan fingerprint density at radius 1 is 1.22 bits per heavy atom. The Kier molecular flexibility index (Phi) is 6.75. The summed E-state index contributed by atoms with van der Waals surface area (Å²) in [5, 5.41) is 3.51. The second-order valence-corrected chi connectivity index (χ2v) is 6.03. The van der Waals surface area contributed by atoms with Crippen molar-refractivity contribution in [2.45, 2.75) is 26.0 Å². The molecule has 0 aromatic heterocycles. The summed E-state index contributed by atoms with van der Waals surface area (Å²) < 4.78 is 5.25. The van der Waals surface area contributed by atoms with Crippen molar-refractivity contribution >= 4 is 29.3 Å². The fraction of sp³-hybridized carbons (Fsp3) is 0.278. The van der Waals surface area contributed by atoms with E-state index in [4.69, 9.17) is 27.9 Å². The number of alkyl carbamates (subject to hydrolysis) is 1. The summed E-state index contributed by atoms with van der Waals surface area (Å²) >= 11 is 12.0. The number of alkyl halides is 1. The predicted molar refractivity (Wildman–Crippen MR) is 94.0 cm³/mol. The van der Waals surface area contributed by atoms with E-state index in [-0.39, 0.29) is 12.6 Å². The lowest BCUT2D eigenvalue weighted by molar-refractivity contribution is 0.135. The molecule has 0 spiro atoms. The number of hydrogen-bond acceptors (Lipinski definition) is 2. The van der Waals surface area contributed by atoms with Crippen LogP contribution in [0.15, 0.2) is 48.5 Å². The van der Waals surface area contributed by atoms with Crippen molar-refractivity contribution in [1.29, 1.82) is 0 Å². The molecule has 0 aliphatic carbocycles. The Morgan fingerprint density at radius 3 is 2.61 bits per heavy atom. The van der Waals surface area contributed by atoms with Crippen molar-refractivity contribution in [2.24, 2.45) is 0 Å². The minimum atomic E-state index is -0.472. The van der Waals surface area contributed by atoms with Gasteiger partial charge in [-0.2, -0.15) is 0 Å². The number of benzene rings is 2. The normalized spacial score (nSPS) is 11.8. The molecule has 0 radical (unpaired) electrons. The van der Waals surface area contributed by atoms with Crippen LogP contribution in [0.2, 0.25) is 5.02 Å². The van der Waals surface area contributed by atoms with E-state index in [0.29, 0.717) is 17.3 Å². The highest BCUT2D eigenvalue weighted by atomic mass is 35.5. The van der Waals surface area contributed by atoms with E-state index in [2.05, 4.69) is 5.32 Å². The lowest BCUT2D eigenvalue weighted by Gasteiger charge is -2.19. The molecule has 1 atom stereocenters. The zero-order valence-corrected chi connectivity index (χ0v) is 14.4. The van der Waals surface area contributed by atoms with E-state index in [1.54, 1.807) is 0 Å². The SMILES string of the molecule is Cc1ccc(C(CCCl)NC(=O)OCc2ccccc2)cc1Cl. The quantitative estimate of drug-likeness (QED) is 0.722. The minimum Gasteiger partial charge on any atom is -0.445 e. The largest absolute Gasteiger partial charge is 0.445 e. The molecular weight excluding hydrogens is 333 g/mol. The Morgan fingerprint density at radius 2 is 1.96 bits per heavy atom. The summed E-state index contributed by atoms with van der Waals surface area (Å²) in [4.78, 5) is 12.0. The Bertz CT molecular complexity index is 647. The Balaban J connectivity index is 1.98. The van der Waals surface area contributed by atoms with Gasteiger partial charge in [-0.1, -0.05) is 54.1 Å². The number of halogens is 2. The molecule has 0 fully saturated rings. The summed E-state index contributed by atoms with van der Waals surface area (Å²) in [6.45, 7) is 2.17. The Hall–Kier alpha value is -1.71. The maximum Gasteiger partial charge on any atom is 0.407 e. The maximum absolute atomic E-state index is 12.0. The fourth-order valence-electron chi connectivity index (χ4n) is 2.16. The van der Waals surface area contributed by atoms with Gasteiger partial charge in [0.25, 0.3) is 0 Å². The lowest BCUT2D eigenvalue weighted by Crippen LogP contribution is -2.29. The van der Waals surface area contributed by atoms with Crippen LogP contribution < -0.4 is 5.32 Å². The topological polar surface area (TPSA) is 38.3 Å². The van der Waals surface area contributed by atoms with Gasteiger partial charge in [-0.25, -0.2) is 4.79 Å². The van der Waals surface area contributed by atoms with Gasteiger partial charge in [-0.3, -0.25) is 0 Å². The van der Waals surface area contributed by atoms with Gasteiger partial charge < -0.3 is 10.1 Å². The minimum absolute atomic E-state index is 0.228. The van der Waals surface area contributed by atoms with Gasteiger partial charge in [0.15, 0.2) is 0 Å². The van der Waals surface area contributed by atoms with Crippen LogP contribution in [-0.2, 0) is 11.3 Å². The number of amides is 1. The highest BCUT2D eigenvalue weighted by Gasteiger charge is 2.16. The van der Waals surface area contributed by atoms with Crippen molar-refractivity contribution in [3.8, 4) is 0 Å². The predicted octanol–water partition coefficient (Wildman–Crippen LogP) is 5.24. The van der Waals surface area contributed by atoms with Crippen LogP contribution in [0.5, 0.6) is 0 Å². The molecular formula is C18H19Cl2NO2. The molecule has 0 aliphatic heterocycles. The smallest absolute Gasteiger partial charge is 0.407 e. The van der Waals surface area contributed by atoms with E-state index in [1.807, 2.05) is 55.5 Å². The van der Waals surface area contributed by atoms with Gasteiger partial charge in [-0.05, 0) is 36.1 Å². The van der Waals surface area contributed by atoms with Crippen LogP contribution in [0.4, 0.5) is 4.79 Å². The summed E-state index contributed by atoms with van der Waals surface area (Å²) in [6, 6.07) is 15.0. The molecule has 122 valence electrons. The van der Waals surface area contributed by atoms with Crippen LogP contribution in [-0.4, -0.2) is 12.0 Å². The molecule has 5 heteroatoms. The van der Waals surface area contributed by atoms with E-state index in [0.717, 1.165) is 16.7 Å². The number of hydrogen-bond donors (Lipinski definition) is 1. The first-order valence-corrected chi connectivity index (χ1v) is 8.30. The van der Waals surface area contributed by atoms with Crippen molar-refractivity contribution in [2.75, 3.05) is 5.88 Å². The van der Waals surface area contributed by atoms with Crippen LogP contribution >= 0.6 is 23.2 Å². The number of carbonyl (C=O) groups excluding carboxylic acids is 1. The lowest BCUT2D eigenvalue weighted by atomic mass is 10.0. The molecule has 3 nitrogen and oxygen atoms in total. The van der Waals surface area contributed by atoms with Gasteiger partial charge in [0.05, 0.1) is 6.04 Å². The summed E-state index contributed by atoms with van der Waals surface area (Å²) in [5.74, 6) is 0.426. The number of nitrogens with one attached hydrogen (secondary N) is 1. The number of carbonyl (C=O) groups is 1. The zero-order chi connectivity index (χ0) is 16.7. The van der Waals surface area contributed by atoms with E-state index in [1.165, 1.54) is 0 Å². The van der Waals surface area contributed by atoms with Gasteiger partial charge in [-0.15, -0.1) is 11.6 Å². The van der Waals surface area contributed by atoms with Crippen LogP contribution in [0.3, 0.4) is 0 Å². The summed E-state index contributed by atoms with van der Waals surface area (Å²) in [7, 11) is 0. The molecule has 23 heavy (non-hydrogen) atoms. The highest BCUT2D eigenvalue weighted by molar-refractivity contribution is 6.31. The average Bonchev–Trinajstić information content (AvgIpc) is 2.56. The first-order valence-electron chi connectivity index (χ1n) is 7.39. The monoisotopic (exact) mass is 351 g/mol. The first kappa shape index (κ1) is 17.6. The van der Waals surface area contributed by atoms with Crippen molar-refractivity contribution < 1.29 is 9.53 Å². The third-order valence-electron chi connectivity index (χ3n) is 3.50. The summed E-state index contributed by atoms with van der Waals surface area (Å²) in [5.41, 5.74) is 2.85. The summed E-state index contributed by atoms with van der Waals surface area (Å²) in [6.07, 6.45) is 0.127. The maximum atomic E-state index is 12.0. The fourth-order valence-corrected chi connectivity index (χ4v) is 2.57. The number of ether oxygens (including phenoxy) is 1. The van der Waals surface area contributed by atoms with Gasteiger partial charge in [0.1, 0.15) is 6.61 Å². The van der Waals surface area contributed by atoms with Crippen molar-refractivity contribution in [3.05, 3.63) is 70.2 Å². The molecule has 1 N–H and O–H groups in total.